The lowest BCUT2D eigenvalue weighted by molar-refractivity contribution is -0.139. The largest absolute Gasteiger partial charge is 0.479 e. The van der Waals surface area contributed by atoms with Crippen LogP contribution < -0.4 is 10.1 Å². The number of rotatable bonds is 6. The second-order valence-electron chi connectivity index (χ2n) is 6.79. The topological polar surface area (TPSA) is 41.6 Å². The van der Waals surface area contributed by atoms with Crippen LogP contribution in [-0.2, 0) is 4.79 Å². The summed E-state index contributed by atoms with van der Waals surface area (Å²) in [6.07, 6.45) is 4.19. The number of carbonyl (C=O) groups is 1. The summed E-state index contributed by atoms with van der Waals surface area (Å²) >= 11 is 12.0. The molecule has 1 aliphatic carbocycles. The lowest BCUT2D eigenvalue weighted by atomic mass is 10.0. The third-order valence-corrected chi connectivity index (χ3v) is 5.27. The molecule has 7 heteroatoms. The van der Waals surface area contributed by atoms with Crippen LogP contribution in [0.2, 0.25) is 10.0 Å². The van der Waals surface area contributed by atoms with Crippen molar-refractivity contribution in [1.29, 1.82) is 0 Å². The van der Waals surface area contributed by atoms with Crippen molar-refractivity contribution in [3.05, 3.63) is 28.2 Å². The average molecular weight is 408 g/mol. The molecule has 1 saturated heterocycles. The summed E-state index contributed by atoms with van der Waals surface area (Å²) in [4.78, 5) is 14.5. The highest BCUT2D eigenvalue weighted by molar-refractivity contribution is 6.35. The molecule has 1 saturated carbocycles. The summed E-state index contributed by atoms with van der Waals surface area (Å²) in [5, 5.41) is 4.60. The zero-order valence-electron chi connectivity index (χ0n) is 14.3. The predicted molar refractivity (Wildman–Crippen MR) is 104 cm³/mol. The lowest BCUT2D eigenvalue weighted by Crippen LogP contribution is -2.48. The fraction of sp³-hybridized carbons (Fsp3) is 0.611. The molecule has 2 aliphatic rings. The number of hydrogen-bond acceptors (Lipinski definition) is 3. The van der Waals surface area contributed by atoms with E-state index in [1.807, 2.05) is 4.90 Å². The van der Waals surface area contributed by atoms with E-state index in [0.29, 0.717) is 21.8 Å². The van der Waals surface area contributed by atoms with Gasteiger partial charge in [-0.25, -0.2) is 0 Å². The van der Waals surface area contributed by atoms with Gasteiger partial charge >= 0.3 is 0 Å². The fourth-order valence-electron chi connectivity index (χ4n) is 3.03. The van der Waals surface area contributed by atoms with Crippen LogP contribution in [0.4, 0.5) is 0 Å². The van der Waals surface area contributed by atoms with Gasteiger partial charge < -0.3 is 15.0 Å². The van der Waals surface area contributed by atoms with Gasteiger partial charge in [-0.3, -0.25) is 4.79 Å². The van der Waals surface area contributed by atoms with Crippen LogP contribution in [0.5, 0.6) is 5.75 Å². The maximum Gasteiger partial charge on any atom is 0.263 e. The molecule has 0 bridgehead atoms. The van der Waals surface area contributed by atoms with Crippen molar-refractivity contribution in [3.63, 3.8) is 0 Å². The van der Waals surface area contributed by atoms with Gasteiger partial charge in [-0.2, -0.15) is 0 Å². The Morgan fingerprint density at radius 2 is 1.96 bits per heavy atom. The molecule has 140 valence electrons. The van der Waals surface area contributed by atoms with Crippen LogP contribution in [-0.4, -0.2) is 42.6 Å². The molecule has 3 rings (SSSR count). The summed E-state index contributed by atoms with van der Waals surface area (Å²) in [6.45, 7) is 4.46. The second kappa shape index (κ2) is 9.31. The third-order valence-electron chi connectivity index (χ3n) is 4.74. The molecule has 1 unspecified atom stereocenters. The molecule has 4 nitrogen and oxygen atoms in total. The van der Waals surface area contributed by atoms with Gasteiger partial charge in [-0.1, -0.05) is 23.2 Å². The SMILES string of the molecule is CC(Oc1ccc(Cl)cc1Cl)C(=O)N1CCC(NCC2CC2)CC1.Cl. The van der Waals surface area contributed by atoms with E-state index in [2.05, 4.69) is 5.32 Å². The number of nitrogens with zero attached hydrogens (tertiary/aromatic N) is 1. The maximum atomic E-state index is 12.6. The standard InChI is InChI=1S/C18H24Cl2N2O2.ClH/c1-12(24-17-5-4-14(19)10-16(17)20)18(23)22-8-6-15(7-9-22)21-11-13-2-3-13;/h4-5,10,12-13,15,21H,2-3,6-9,11H2,1H3;1H. The van der Waals surface area contributed by atoms with Crippen LogP contribution in [0.3, 0.4) is 0 Å². The van der Waals surface area contributed by atoms with Crippen LogP contribution >= 0.6 is 35.6 Å². The van der Waals surface area contributed by atoms with Crippen molar-refractivity contribution in [2.45, 2.75) is 44.8 Å². The minimum absolute atomic E-state index is 0. The van der Waals surface area contributed by atoms with Crippen molar-refractivity contribution in [2.24, 2.45) is 5.92 Å². The number of likely N-dealkylation sites (tertiary alicyclic amines) is 1. The monoisotopic (exact) mass is 406 g/mol. The molecule has 1 N–H and O–H groups in total. The van der Waals surface area contributed by atoms with E-state index >= 15 is 0 Å². The molecule has 1 amide bonds. The van der Waals surface area contributed by atoms with Gasteiger partial charge in [0.2, 0.25) is 0 Å². The maximum absolute atomic E-state index is 12.6. The lowest BCUT2D eigenvalue weighted by Gasteiger charge is -2.34. The smallest absolute Gasteiger partial charge is 0.263 e. The molecule has 1 aromatic carbocycles. The van der Waals surface area contributed by atoms with Gasteiger partial charge in [0.1, 0.15) is 5.75 Å². The Bertz CT molecular complexity index is 588. The minimum atomic E-state index is -0.556. The number of ether oxygens (including phenoxy) is 1. The first-order valence-electron chi connectivity index (χ1n) is 8.67. The van der Waals surface area contributed by atoms with Crippen LogP contribution in [0.15, 0.2) is 18.2 Å². The highest BCUT2D eigenvalue weighted by Gasteiger charge is 2.28. The molecular formula is C18H25Cl3N2O2. The fourth-order valence-corrected chi connectivity index (χ4v) is 3.48. The zero-order chi connectivity index (χ0) is 17.1. The van der Waals surface area contributed by atoms with Gasteiger partial charge in [0.15, 0.2) is 6.10 Å². The number of amides is 1. The van der Waals surface area contributed by atoms with E-state index < -0.39 is 6.10 Å². The first kappa shape index (κ1) is 20.6. The number of nitrogens with one attached hydrogen (secondary N) is 1. The third kappa shape index (κ3) is 5.92. The van der Waals surface area contributed by atoms with Gasteiger partial charge in [-0.15, -0.1) is 12.4 Å². The first-order chi connectivity index (χ1) is 11.5. The van der Waals surface area contributed by atoms with E-state index in [1.54, 1.807) is 25.1 Å². The number of piperidine rings is 1. The molecule has 1 heterocycles. The van der Waals surface area contributed by atoms with Gasteiger partial charge in [-0.05, 0) is 63.3 Å². The van der Waals surface area contributed by atoms with Crippen molar-refractivity contribution in [2.75, 3.05) is 19.6 Å². The molecular weight excluding hydrogens is 383 g/mol. The first-order valence-corrected chi connectivity index (χ1v) is 9.42. The Labute approximate surface area is 165 Å². The molecule has 25 heavy (non-hydrogen) atoms. The number of benzene rings is 1. The number of carbonyl (C=O) groups excluding carboxylic acids is 1. The molecule has 0 radical (unpaired) electrons. The molecule has 1 aromatic rings. The average Bonchev–Trinajstić information content (AvgIpc) is 3.39. The summed E-state index contributed by atoms with van der Waals surface area (Å²) in [5.41, 5.74) is 0. The quantitative estimate of drug-likeness (QED) is 0.769. The van der Waals surface area contributed by atoms with Crippen LogP contribution in [0.25, 0.3) is 0 Å². The number of hydrogen-bond donors (Lipinski definition) is 1. The molecule has 1 atom stereocenters. The van der Waals surface area contributed by atoms with Gasteiger partial charge in [0.25, 0.3) is 5.91 Å². The van der Waals surface area contributed by atoms with Gasteiger partial charge in [0.05, 0.1) is 5.02 Å². The van der Waals surface area contributed by atoms with Crippen molar-refractivity contribution >= 4 is 41.5 Å². The zero-order valence-corrected chi connectivity index (χ0v) is 16.7. The van der Waals surface area contributed by atoms with Crippen molar-refractivity contribution in [3.8, 4) is 5.75 Å². The molecule has 2 fully saturated rings. The Balaban J connectivity index is 0.00000225. The van der Waals surface area contributed by atoms with Gasteiger partial charge in [0, 0.05) is 24.2 Å². The normalized spacial score (nSPS) is 19.2. The second-order valence-corrected chi connectivity index (χ2v) is 7.63. The Morgan fingerprint density at radius 1 is 1.28 bits per heavy atom. The van der Waals surface area contributed by atoms with E-state index in [-0.39, 0.29) is 18.3 Å². The van der Waals surface area contributed by atoms with Crippen LogP contribution in [0, 0.1) is 5.92 Å². The van der Waals surface area contributed by atoms with E-state index in [0.717, 1.165) is 38.4 Å². The Morgan fingerprint density at radius 3 is 2.56 bits per heavy atom. The predicted octanol–water partition coefficient (Wildman–Crippen LogP) is 4.17. The summed E-state index contributed by atoms with van der Waals surface area (Å²) in [6, 6.07) is 5.56. The number of halogens is 3. The minimum Gasteiger partial charge on any atom is -0.479 e. The summed E-state index contributed by atoms with van der Waals surface area (Å²) in [7, 11) is 0. The highest BCUT2D eigenvalue weighted by atomic mass is 35.5. The molecule has 0 spiro atoms. The molecule has 0 aromatic heterocycles. The Hall–Kier alpha value is -0.680. The summed E-state index contributed by atoms with van der Waals surface area (Å²) < 4.78 is 5.73. The van der Waals surface area contributed by atoms with Crippen molar-refractivity contribution < 1.29 is 9.53 Å². The Kier molecular flexibility index (Phi) is 7.68. The highest BCUT2D eigenvalue weighted by Crippen LogP contribution is 2.29. The molecule has 1 aliphatic heterocycles. The van der Waals surface area contributed by atoms with E-state index in [1.165, 1.54) is 12.8 Å². The van der Waals surface area contributed by atoms with Crippen molar-refractivity contribution in [1.82, 2.24) is 10.2 Å². The summed E-state index contributed by atoms with van der Waals surface area (Å²) in [5.74, 6) is 1.40. The van der Waals surface area contributed by atoms with Crippen LogP contribution in [0.1, 0.15) is 32.6 Å². The van der Waals surface area contributed by atoms with E-state index in [9.17, 15) is 4.79 Å². The van der Waals surface area contributed by atoms with E-state index in [4.69, 9.17) is 27.9 Å².